The Bertz CT molecular complexity index is 1080. The van der Waals surface area contributed by atoms with Crippen LogP contribution in [0.3, 0.4) is 0 Å². The number of hydrogen-bond donors (Lipinski definition) is 3. The van der Waals surface area contributed by atoms with E-state index in [1.54, 1.807) is 11.0 Å². The number of aliphatic hydroxyl groups is 2. The topological polar surface area (TPSA) is 112 Å². The van der Waals surface area contributed by atoms with E-state index in [4.69, 9.17) is 21.1 Å². The smallest absolute Gasteiger partial charge is 0.256 e. The van der Waals surface area contributed by atoms with E-state index in [0.717, 1.165) is 16.8 Å². The number of ether oxygens (including phenoxy) is 2. The quantitative estimate of drug-likeness (QED) is 0.510. The Morgan fingerprint density at radius 3 is 2.48 bits per heavy atom. The summed E-state index contributed by atoms with van der Waals surface area (Å²) < 4.78 is 11.5. The fraction of sp³-hybridized carbons (Fsp3) is 0.500. The number of aromatic amines is 1. The molecule has 0 saturated carbocycles. The Hall–Kier alpha value is -2.39. The highest BCUT2D eigenvalue weighted by atomic mass is 35.5. The van der Waals surface area contributed by atoms with E-state index < -0.39 is 6.10 Å². The third-order valence-electron chi connectivity index (χ3n) is 5.65. The average Bonchev–Trinajstić information content (AvgIpc) is 2.74. The monoisotopic (exact) mass is 478 g/mol. The molecule has 0 radical (unpaired) electrons. The molecule has 1 aromatic heterocycles. The molecule has 1 aliphatic rings. The molecular formula is C24H31ClN2O6. The van der Waals surface area contributed by atoms with Crippen LogP contribution in [0.4, 0.5) is 0 Å². The third-order valence-corrected chi connectivity index (χ3v) is 6.03. The van der Waals surface area contributed by atoms with Crippen molar-refractivity contribution in [3.8, 4) is 5.75 Å². The summed E-state index contributed by atoms with van der Waals surface area (Å²) in [5.41, 5.74) is 3.73. The van der Waals surface area contributed by atoms with Gasteiger partial charge in [0.2, 0.25) is 0 Å². The van der Waals surface area contributed by atoms with Crippen LogP contribution < -0.4 is 10.3 Å². The first-order valence-electron chi connectivity index (χ1n) is 11.0. The van der Waals surface area contributed by atoms with Gasteiger partial charge < -0.3 is 29.6 Å². The van der Waals surface area contributed by atoms with Crippen molar-refractivity contribution in [2.24, 2.45) is 0 Å². The van der Waals surface area contributed by atoms with Gasteiger partial charge in [0, 0.05) is 17.8 Å². The third kappa shape index (κ3) is 5.58. The second-order valence-electron chi connectivity index (χ2n) is 8.59. The molecule has 1 amide bonds. The molecule has 0 bridgehead atoms. The SMILES string of the molecule is Cc1cc(C)c(CN2CCc3c(COC(CO)CO)cc(OC(C)C)c(Cl)c3C2=O)c(=O)[nH]1. The molecule has 9 heteroatoms. The number of halogens is 1. The lowest BCUT2D eigenvalue weighted by Crippen LogP contribution is -2.39. The Morgan fingerprint density at radius 1 is 1.18 bits per heavy atom. The maximum absolute atomic E-state index is 13.5. The molecule has 2 heterocycles. The highest BCUT2D eigenvalue weighted by molar-refractivity contribution is 6.35. The summed E-state index contributed by atoms with van der Waals surface area (Å²) in [4.78, 5) is 30.4. The van der Waals surface area contributed by atoms with E-state index in [2.05, 4.69) is 4.98 Å². The van der Waals surface area contributed by atoms with Crippen molar-refractivity contribution in [3.63, 3.8) is 0 Å². The van der Waals surface area contributed by atoms with Gasteiger partial charge in [-0.05, 0) is 62.9 Å². The van der Waals surface area contributed by atoms with Gasteiger partial charge >= 0.3 is 0 Å². The van der Waals surface area contributed by atoms with Crippen molar-refractivity contribution >= 4 is 17.5 Å². The van der Waals surface area contributed by atoms with Crippen molar-refractivity contribution in [1.82, 2.24) is 9.88 Å². The zero-order chi connectivity index (χ0) is 24.3. The molecule has 1 aliphatic heterocycles. The zero-order valence-corrected chi connectivity index (χ0v) is 20.2. The van der Waals surface area contributed by atoms with Gasteiger partial charge in [0.05, 0.1) is 43.1 Å². The van der Waals surface area contributed by atoms with Crippen molar-refractivity contribution < 1.29 is 24.5 Å². The first-order chi connectivity index (χ1) is 15.7. The minimum atomic E-state index is -0.724. The number of carbonyl (C=O) groups excluding carboxylic acids is 1. The fourth-order valence-electron chi connectivity index (χ4n) is 4.00. The number of fused-ring (bicyclic) bond motifs is 1. The summed E-state index contributed by atoms with van der Waals surface area (Å²) >= 11 is 6.65. The number of aliphatic hydroxyl groups excluding tert-OH is 2. The van der Waals surface area contributed by atoms with Gasteiger partial charge in [-0.15, -0.1) is 0 Å². The lowest BCUT2D eigenvalue weighted by atomic mass is 9.93. The number of H-pyrrole nitrogens is 1. The number of aromatic nitrogens is 1. The van der Waals surface area contributed by atoms with Gasteiger partial charge in [0.1, 0.15) is 11.9 Å². The van der Waals surface area contributed by atoms with E-state index in [-0.39, 0.29) is 49.0 Å². The lowest BCUT2D eigenvalue weighted by Gasteiger charge is -2.32. The molecule has 1 aromatic carbocycles. The van der Waals surface area contributed by atoms with E-state index in [9.17, 15) is 19.8 Å². The maximum Gasteiger partial charge on any atom is 0.256 e. The summed E-state index contributed by atoms with van der Waals surface area (Å²) in [5.74, 6) is 0.0880. The number of nitrogens with zero attached hydrogens (tertiary/aromatic N) is 1. The second-order valence-corrected chi connectivity index (χ2v) is 8.96. The average molecular weight is 479 g/mol. The number of carbonyl (C=O) groups is 1. The molecule has 0 saturated heterocycles. The maximum atomic E-state index is 13.5. The van der Waals surface area contributed by atoms with E-state index in [1.807, 2.05) is 33.8 Å². The summed E-state index contributed by atoms with van der Waals surface area (Å²) in [5, 5.41) is 18.9. The number of nitrogens with one attached hydrogen (secondary N) is 1. The summed E-state index contributed by atoms with van der Waals surface area (Å²) in [6, 6.07) is 3.64. The molecule has 0 atom stereocenters. The first kappa shape index (κ1) is 25.2. The predicted octanol–water partition coefficient (Wildman–Crippen LogP) is 2.50. The van der Waals surface area contributed by atoms with Crippen LogP contribution in [-0.2, 0) is 24.3 Å². The molecule has 0 unspecified atom stereocenters. The number of aryl methyl sites for hydroxylation is 2. The highest BCUT2D eigenvalue weighted by Gasteiger charge is 2.32. The minimum Gasteiger partial charge on any atom is -0.489 e. The largest absolute Gasteiger partial charge is 0.489 e. The van der Waals surface area contributed by atoms with E-state index in [0.29, 0.717) is 35.4 Å². The van der Waals surface area contributed by atoms with Crippen LogP contribution in [0.1, 0.15) is 52.2 Å². The molecule has 0 fully saturated rings. The molecule has 33 heavy (non-hydrogen) atoms. The van der Waals surface area contributed by atoms with Crippen LogP contribution in [0, 0.1) is 13.8 Å². The molecular weight excluding hydrogens is 448 g/mol. The van der Waals surface area contributed by atoms with Gasteiger partial charge in [0.15, 0.2) is 0 Å². The predicted molar refractivity (Wildman–Crippen MR) is 125 cm³/mol. The molecule has 0 aliphatic carbocycles. The lowest BCUT2D eigenvalue weighted by molar-refractivity contribution is -0.0288. The van der Waals surface area contributed by atoms with Crippen LogP contribution in [0.2, 0.25) is 5.02 Å². The summed E-state index contributed by atoms with van der Waals surface area (Å²) in [7, 11) is 0. The van der Waals surface area contributed by atoms with Crippen molar-refractivity contribution in [2.75, 3.05) is 19.8 Å². The van der Waals surface area contributed by atoms with E-state index >= 15 is 0 Å². The number of benzene rings is 1. The van der Waals surface area contributed by atoms with E-state index in [1.165, 1.54) is 0 Å². The highest BCUT2D eigenvalue weighted by Crippen LogP contribution is 2.38. The molecule has 3 N–H and O–H groups in total. The van der Waals surface area contributed by atoms with Crippen LogP contribution >= 0.6 is 11.6 Å². The molecule has 8 nitrogen and oxygen atoms in total. The first-order valence-corrected chi connectivity index (χ1v) is 11.4. The summed E-state index contributed by atoms with van der Waals surface area (Å²) in [6.07, 6.45) is -0.369. The van der Waals surface area contributed by atoms with Crippen LogP contribution in [0.5, 0.6) is 5.75 Å². The Balaban J connectivity index is 1.99. The molecule has 3 rings (SSSR count). The minimum absolute atomic E-state index is 0.0871. The van der Waals surface area contributed by atoms with Crippen molar-refractivity contribution in [3.05, 3.63) is 61.0 Å². The Morgan fingerprint density at radius 2 is 1.88 bits per heavy atom. The number of rotatable bonds is 9. The normalized spacial score (nSPS) is 13.7. The number of pyridine rings is 1. The van der Waals surface area contributed by atoms with Gasteiger partial charge in [0.25, 0.3) is 11.5 Å². The second kappa shape index (κ2) is 10.7. The van der Waals surface area contributed by atoms with Gasteiger partial charge in [-0.2, -0.15) is 0 Å². The van der Waals surface area contributed by atoms with Crippen LogP contribution in [-0.4, -0.2) is 58.0 Å². The zero-order valence-electron chi connectivity index (χ0n) is 19.4. The Labute approximate surface area is 198 Å². The van der Waals surface area contributed by atoms with Crippen molar-refractivity contribution in [1.29, 1.82) is 0 Å². The number of hydrogen-bond acceptors (Lipinski definition) is 6. The fourth-order valence-corrected chi connectivity index (χ4v) is 4.29. The summed E-state index contributed by atoms with van der Waals surface area (Å²) in [6.45, 7) is 7.43. The Kier molecular flexibility index (Phi) is 8.18. The standard InChI is InChI=1S/C24H31ClN2O6/c1-13(2)33-20-8-16(12-32-17(10-28)11-29)18-5-6-27(24(31)21(18)22(20)25)9-19-14(3)7-15(4)26-23(19)30/h7-8,13,17,28-29H,5-6,9-12H2,1-4H3,(H,26,30). The molecule has 2 aromatic rings. The van der Waals surface area contributed by atoms with Gasteiger partial charge in [-0.3, -0.25) is 9.59 Å². The molecule has 0 spiro atoms. The van der Waals surface area contributed by atoms with Gasteiger partial charge in [-0.25, -0.2) is 0 Å². The van der Waals surface area contributed by atoms with Crippen molar-refractivity contribution in [2.45, 2.75) is 59.5 Å². The van der Waals surface area contributed by atoms with Gasteiger partial charge in [-0.1, -0.05) is 11.6 Å². The number of amides is 1. The molecule has 180 valence electrons. The van der Waals surface area contributed by atoms with Crippen LogP contribution in [0.15, 0.2) is 16.9 Å². The van der Waals surface area contributed by atoms with Crippen LogP contribution in [0.25, 0.3) is 0 Å².